The molecule has 1 saturated carbocycles. The predicted molar refractivity (Wildman–Crippen MR) is 52.6 cm³/mol. The molecule has 2 nitrogen and oxygen atoms in total. The summed E-state index contributed by atoms with van der Waals surface area (Å²) in [4.78, 5) is 0. The molecule has 2 N–H and O–H groups in total. The third kappa shape index (κ3) is 2.29. The average molecular weight is 231 g/mol. The number of hydrogen-bond acceptors (Lipinski definition) is 2. The number of halogens is 3. The highest BCUT2D eigenvalue weighted by Crippen LogP contribution is 2.25. The number of ether oxygens (including phenoxy) is 1. The minimum atomic E-state index is -1.48. The zero-order valence-electron chi connectivity index (χ0n) is 8.55. The highest BCUT2D eigenvalue weighted by Gasteiger charge is 2.24. The standard InChI is InChI=1S/C11H12F3NO/c12-9-4-8(5-10(13)11(9)14)16-7-2-1-6(15)3-7/h4-7H,1-3,15H2. The lowest BCUT2D eigenvalue weighted by Gasteiger charge is -2.13. The first-order valence-corrected chi connectivity index (χ1v) is 5.13. The smallest absolute Gasteiger partial charge is 0.194 e. The lowest BCUT2D eigenvalue weighted by molar-refractivity contribution is 0.205. The molecular formula is C11H12F3NO. The second-order valence-corrected chi connectivity index (χ2v) is 4.01. The van der Waals surface area contributed by atoms with Gasteiger partial charge in [-0.3, -0.25) is 0 Å². The van der Waals surface area contributed by atoms with E-state index in [2.05, 4.69) is 0 Å². The summed E-state index contributed by atoms with van der Waals surface area (Å²) in [6, 6.07) is 1.77. The molecule has 0 aromatic heterocycles. The molecule has 0 spiro atoms. The number of benzene rings is 1. The van der Waals surface area contributed by atoms with Gasteiger partial charge < -0.3 is 10.5 Å². The molecule has 2 rings (SSSR count). The molecule has 1 aliphatic rings. The normalized spacial score (nSPS) is 24.8. The first-order valence-electron chi connectivity index (χ1n) is 5.13. The molecule has 2 unspecified atom stereocenters. The van der Waals surface area contributed by atoms with Crippen molar-refractivity contribution in [1.29, 1.82) is 0 Å². The van der Waals surface area contributed by atoms with E-state index in [4.69, 9.17) is 10.5 Å². The van der Waals surface area contributed by atoms with Crippen molar-refractivity contribution in [1.82, 2.24) is 0 Å². The SMILES string of the molecule is NC1CCC(Oc2cc(F)c(F)c(F)c2)C1. The van der Waals surface area contributed by atoms with Crippen LogP contribution in [0.3, 0.4) is 0 Å². The molecule has 1 aliphatic carbocycles. The van der Waals surface area contributed by atoms with Gasteiger partial charge in [-0.05, 0) is 19.3 Å². The van der Waals surface area contributed by atoms with E-state index in [0.717, 1.165) is 25.0 Å². The highest BCUT2D eigenvalue weighted by molar-refractivity contribution is 5.25. The molecule has 0 heterocycles. The first kappa shape index (κ1) is 11.3. The van der Waals surface area contributed by atoms with E-state index >= 15 is 0 Å². The quantitative estimate of drug-likeness (QED) is 0.793. The van der Waals surface area contributed by atoms with Gasteiger partial charge in [0.25, 0.3) is 0 Å². The number of rotatable bonds is 2. The van der Waals surface area contributed by atoms with Crippen LogP contribution in [0.15, 0.2) is 12.1 Å². The summed E-state index contributed by atoms with van der Waals surface area (Å²) >= 11 is 0. The van der Waals surface area contributed by atoms with Gasteiger partial charge in [0.2, 0.25) is 0 Å². The monoisotopic (exact) mass is 231 g/mol. The largest absolute Gasteiger partial charge is 0.490 e. The Hall–Kier alpha value is -1.23. The van der Waals surface area contributed by atoms with Crippen LogP contribution < -0.4 is 10.5 Å². The van der Waals surface area contributed by atoms with Crippen LogP contribution in [0.4, 0.5) is 13.2 Å². The summed E-state index contributed by atoms with van der Waals surface area (Å²) in [5.74, 6) is -3.94. The second-order valence-electron chi connectivity index (χ2n) is 4.01. The molecule has 0 saturated heterocycles. The van der Waals surface area contributed by atoms with Gasteiger partial charge in [-0.25, -0.2) is 13.2 Å². The molecule has 5 heteroatoms. The lowest BCUT2D eigenvalue weighted by Crippen LogP contribution is -2.19. The zero-order valence-corrected chi connectivity index (χ0v) is 8.55. The van der Waals surface area contributed by atoms with Crippen molar-refractivity contribution >= 4 is 0 Å². The van der Waals surface area contributed by atoms with Crippen LogP contribution >= 0.6 is 0 Å². The third-order valence-corrected chi connectivity index (χ3v) is 2.69. The van der Waals surface area contributed by atoms with Crippen LogP contribution in [-0.4, -0.2) is 12.1 Å². The van der Waals surface area contributed by atoms with Crippen molar-refractivity contribution in [2.24, 2.45) is 5.73 Å². The molecule has 0 radical (unpaired) electrons. The summed E-state index contributed by atoms with van der Waals surface area (Å²) in [5.41, 5.74) is 5.67. The topological polar surface area (TPSA) is 35.2 Å². The van der Waals surface area contributed by atoms with E-state index in [1.54, 1.807) is 0 Å². The second kappa shape index (κ2) is 4.33. The van der Waals surface area contributed by atoms with Crippen molar-refractivity contribution in [3.63, 3.8) is 0 Å². The van der Waals surface area contributed by atoms with Crippen LogP contribution in [0.5, 0.6) is 5.75 Å². The first-order chi connectivity index (χ1) is 7.56. The Morgan fingerprint density at radius 1 is 1.12 bits per heavy atom. The van der Waals surface area contributed by atoms with E-state index < -0.39 is 17.5 Å². The Morgan fingerprint density at radius 3 is 2.25 bits per heavy atom. The van der Waals surface area contributed by atoms with E-state index in [1.807, 2.05) is 0 Å². The Morgan fingerprint density at radius 2 is 1.75 bits per heavy atom. The Bertz CT molecular complexity index is 374. The number of hydrogen-bond donors (Lipinski definition) is 1. The van der Waals surface area contributed by atoms with Crippen molar-refractivity contribution in [2.75, 3.05) is 0 Å². The highest BCUT2D eigenvalue weighted by atomic mass is 19.2. The Labute approximate surface area is 91.2 Å². The summed E-state index contributed by atoms with van der Waals surface area (Å²) in [7, 11) is 0. The van der Waals surface area contributed by atoms with Gasteiger partial charge in [0.05, 0.1) is 0 Å². The van der Waals surface area contributed by atoms with Gasteiger partial charge in [-0.1, -0.05) is 0 Å². The van der Waals surface area contributed by atoms with Crippen LogP contribution in [0.25, 0.3) is 0 Å². The van der Waals surface area contributed by atoms with Crippen LogP contribution in [-0.2, 0) is 0 Å². The summed E-state index contributed by atoms with van der Waals surface area (Å²) in [6.45, 7) is 0. The maximum absolute atomic E-state index is 12.9. The average Bonchev–Trinajstić information content (AvgIpc) is 2.60. The summed E-state index contributed by atoms with van der Waals surface area (Å²) in [6.07, 6.45) is 2.10. The fourth-order valence-electron chi connectivity index (χ4n) is 1.87. The summed E-state index contributed by atoms with van der Waals surface area (Å²) in [5, 5.41) is 0. The molecule has 0 amide bonds. The maximum atomic E-state index is 12.9. The van der Waals surface area contributed by atoms with E-state index in [0.29, 0.717) is 6.42 Å². The Kier molecular flexibility index (Phi) is 3.05. The molecule has 16 heavy (non-hydrogen) atoms. The minimum Gasteiger partial charge on any atom is -0.490 e. The van der Waals surface area contributed by atoms with Gasteiger partial charge >= 0.3 is 0 Å². The van der Waals surface area contributed by atoms with Gasteiger partial charge in [0, 0.05) is 18.2 Å². The molecule has 1 aromatic rings. The molecule has 88 valence electrons. The van der Waals surface area contributed by atoms with Crippen molar-refractivity contribution in [3.8, 4) is 5.75 Å². The van der Waals surface area contributed by atoms with Gasteiger partial charge in [-0.2, -0.15) is 0 Å². The fraction of sp³-hybridized carbons (Fsp3) is 0.455. The molecule has 1 aromatic carbocycles. The lowest BCUT2D eigenvalue weighted by atomic mass is 10.2. The zero-order chi connectivity index (χ0) is 11.7. The van der Waals surface area contributed by atoms with Gasteiger partial charge in [0.1, 0.15) is 11.9 Å². The number of nitrogens with two attached hydrogens (primary N) is 1. The van der Waals surface area contributed by atoms with Crippen LogP contribution in [0, 0.1) is 17.5 Å². The van der Waals surface area contributed by atoms with E-state index in [9.17, 15) is 13.2 Å². The van der Waals surface area contributed by atoms with Crippen molar-refractivity contribution in [2.45, 2.75) is 31.4 Å². The van der Waals surface area contributed by atoms with E-state index in [-0.39, 0.29) is 17.9 Å². The predicted octanol–water partition coefficient (Wildman–Crippen LogP) is 2.36. The van der Waals surface area contributed by atoms with Crippen molar-refractivity contribution in [3.05, 3.63) is 29.6 Å². The van der Waals surface area contributed by atoms with Crippen molar-refractivity contribution < 1.29 is 17.9 Å². The maximum Gasteiger partial charge on any atom is 0.194 e. The van der Waals surface area contributed by atoms with Crippen LogP contribution in [0.2, 0.25) is 0 Å². The molecule has 0 bridgehead atoms. The molecule has 0 aliphatic heterocycles. The molecular weight excluding hydrogens is 219 g/mol. The molecule has 2 atom stereocenters. The van der Waals surface area contributed by atoms with Gasteiger partial charge in [-0.15, -0.1) is 0 Å². The third-order valence-electron chi connectivity index (χ3n) is 2.69. The summed E-state index contributed by atoms with van der Waals surface area (Å²) < 4.78 is 43.7. The molecule has 1 fully saturated rings. The van der Waals surface area contributed by atoms with Gasteiger partial charge in [0.15, 0.2) is 17.5 Å². The fourth-order valence-corrected chi connectivity index (χ4v) is 1.87. The Balaban J connectivity index is 2.10. The minimum absolute atomic E-state index is 0.00972. The van der Waals surface area contributed by atoms with Crippen LogP contribution in [0.1, 0.15) is 19.3 Å². The van der Waals surface area contributed by atoms with E-state index in [1.165, 1.54) is 0 Å².